The number of halogens is 1. The van der Waals surface area contributed by atoms with Crippen LogP contribution in [0.5, 0.6) is 0 Å². The predicted molar refractivity (Wildman–Crippen MR) is 79.4 cm³/mol. The van der Waals surface area contributed by atoms with Crippen molar-refractivity contribution in [3.05, 3.63) is 34.9 Å². The minimum Gasteiger partial charge on any atom is -0.299 e. The van der Waals surface area contributed by atoms with Crippen LogP contribution < -0.4 is 0 Å². The Morgan fingerprint density at radius 3 is 2.79 bits per heavy atom. The van der Waals surface area contributed by atoms with E-state index in [0.29, 0.717) is 5.78 Å². The molecule has 0 saturated carbocycles. The second kappa shape index (κ2) is 7.06. The third kappa shape index (κ3) is 4.32. The van der Waals surface area contributed by atoms with Crippen LogP contribution >= 0.6 is 11.6 Å². The zero-order valence-corrected chi connectivity index (χ0v) is 12.3. The summed E-state index contributed by atoms with van der Waals surface area (Å²) in [6.07, 6.45) is 3.90. The first-order valence-electron chi connectivity index (χ1n) is 7.18. The molecule has 3 heteroatoms. The molecule has 1 saturated heterocycles. The van der Waals surface area contributed by atoms with Crippen molar-refractivity contribution < 1.29 is 4.79 Å². The first kappa shape index (κ1) is 14.5. The monoisotopic (exact) mass is 279 g/mol. The van der Waals surface area contributed by atoms with E-state index in [9.17, 15) is 4.79 Å². The first-order valence-corrected chi connectivity index (χ1v) is 7.56. The maximum atomic E-state index is 12.0. The van der Waals surface area contributed by atoms with Crippen molar-refractivity contribution in [3.63, 3.8) is 0 Å². The van der Waals surface area contributed by atoms with Gasteiger partial charge < -0.3 is 0 Å². The summed E-state index contributed by atoms with van der Waals surface area (Å²) in [5, 5.41) is 0.776. The molecule has 0 N–H and O–H groups in total. The number of ketones is 1. The summed E-state index contributed by atoms with van der Waals surface area (Å²) in [5.74, 6) is 0.698. The molecule has 0 bridgehead atoms. The van der Waals surface area contributed by atoms with E-state index in [1.165, 1.54) is 5.56 Å². The molecule has 2 nitrogen and oxygen atoms in total. The van der Waals surface area contributed by atoms with E-state index in [1.807, 2.05) is 12.1 Å². The number of likely N-dealkylation sites (tertiary alicyclic amines) is 1. The Morgan fingerprint density at radius 2 is 2.11 bits per heavy atom. The van der Waals surface area contributed by atoms with E-state index in [1.54, 1.807) is 0 Å². The van der Waals surface area contributed by atoms with Gasteiger partial charge in [0.25, 0.3) is 0 Å². The van der Waals surface area contributed by atoms with Crippen LogP contribution in [0.2, 0.25) is 5.02 Å². The number of rotatable bonds is 5. The third-order valence-electron chi connectivity index (χ3n) is 3.78. The molecule has 1 fully saturated rings. The number of carbonyl (C=O) groups excluding carboxylic acids is 1. The van der Waals surface area contributed by atoms with Gasteiger partial charge in [0.2, 0.25) is 0 Å². The Morgan fingerprint density at radius 1 is 1.37 bits per heavy atom. The number of hydrogen-bond acceptors (Lipinski definition) is 2. The summed E-state index contributed by atoms with van der Waals surface area (Å²) < 4.78 is 0. The van der Waals surface area contributed by atoms with E-state index in [2.05, 4.69) is 24.0 Å². The van der Waals surface area contributed by atoms with Gasteiger partial charge in [-0.05, 0) is 43.5 Å². The Bertz CT molecular complexity index is 415. The molecule has 0 aliphatic carbocycles. The highest BCUT2D eigenvalue weighted by Gasteiger charge is 2.24. The minimum atomic E-state index is 0.251. The van der Waals surface area contributed by atoms with Crippen LogP contribution in [0, 0.1) is 5.92 Å². The second-order valence-electron chi connectivity index (χ2n) is 5.42. The SMILES string of the molecule is CCCC(=O)C1CCCN(Cc2ccc(Cl)cc2)C1. The lowest BCUT2D eigenvalue weighted by Crippen LogP contribution is -2.38. The molecule has 1 aromatic rings. The zero-order valence-electron chi connectivity index (χ0n) is 11.6. The number of nitrogens with zero attached hydrogens (tertiary/aromatic N) is 1. The molecule has 1 atom stereocenters. The van der Waals surface area contributed by atoms with Crippen molar-refractivity contribution in [1.29, 1.82) is 0 Å². The smallest absolute Gasteiger partial charge is 0.137 e. The van der Waals surface area contributed by atoms with Gasteiger partial charge in [-0.25, -0.2) is 0 Å². The average molecular weight is 280 g/mol. The molecular weight excluding hydrogens is 258 g/mol. The van der Waals surface area contributed by atoms with Crippen LogP contribution in [0.1, 0.15) is 38.2 Å². The fourth-order valence-corrected chi connectivity index (χ4v) is 2.89. The Balaban J connectivity index is 1.90. The molecular formula is C16H22ClNO. The van der Waals surface area contributed by atoms with Gasteiger partial charge >= 0.3 is 0 Å². The van der Waals surface area contributed by atoms with E-state index < -0.39 is 0 Å². The van der Waals surface area contributed by atoms with Gasteiger partial charge in [0.05, 0.1) is 0 Å². The van der Waals surface area contributed by atoms with E-state index in [-0.39, 0.29) is 5.92 Å². The van der Waals surface area contributed by atoms with Crippen molar-refractivity contribution in [2.24, 2.45) is 5.92 Å². The largest absolute Gasteiger partial charge is 0.299 e. The number of Topliss-reactive ketones (excluding diaryl/α,β-unsaturated/α-hetero) is 1. The van der Waals surface area contributed by atoms with E-state index >= 15 is 0 Å². The molecule has 1 unspecified atom stereocenters. The van der Waals surface area contributed by atoms with Crippen molar-refractivity contribution in [3.8, 4) is 0 Å². The van der Waals surface area contributed by atoms with Crippen molar-refractivity contribution in [2.75, 3.05) is 13.1 Å². The number of piperidine rings is 1. The highest BCUT2D eigenvalue weighted by atomic mass is 35.5. The van der Waals surface area contributed by atoms with Crippen LogP contribution in [0.3, 0.4) is 0 Å². The summed E-state index contributed by atoms with van der Waals surface area (Å²) in [6.45, 7) is 5.01. The Kier molecular flexibility index (Phi) is 5.41. The predicted octanol–water partition coefficient (Wildman–Crippen LogP) is 3.92. The van der Waals surface area contributed by atoms with Crippen molar-refractivity contribution in [1.82, 2.24) is 4.90 Å². The topological polar surface area (TPSA) is 20.3 Å². The summed E-state index contributed by atoms with van der Waals surface area (Å²) in [6, 6.07) is 8.00. The summed E-state index contributed by atoms with van der Waals surface area (Å²) in [4.78, 5) is 14.4. The lowest BCUT2D eigenvalue weighted by Gasteiger charge is -2.32. The summed E-state index contributed by atoms with van der Waals surface area (Å²) in [7, 11) is 0. The number of benzene rings is 1. The first-order chi connectivity index (χ1) is 9.19. The van der Waals surface area contributed by atoms with Crippen LogP contribution in [-0.2, 0) is 11.3 Å². The standard InChI is InChI=1S/C16H22ClNO/c1-2-4-16(19)14-5-3-10-18(12-14)11-13-6-8-15(17)9-7-13/h6-9,14H,2-5,10-12H2,1H3. The molecule has 1 aromatic carbocycles. The molecule has 0 aromatic heterocycles. The summed E-state index contributed by atoms with van der Waals surface area (Å²) >= 11 is 5.90. The number of hydrogen-bond donors (Lipinski definition) is 0. The van der Waals surface area contributed by atoms with Crippen LogP contribution in [-0.4, -0.2) is 23.8 Å². The van der Waals surface area contributed by atoms with Crippen LogP contribution in [0.4, 0.5) is 0 Å². The van der Waals surface area contributed by atoms with Gasteiger partial charge in [0.1, 0.15) is 5.78 Å². The molecule has 1 aliphatic rings. The molecule has 2 rings (SSSR count). The van der Waals surface area contributed by atoms with E-state index in [0.717, 1.165) is 50.3 Å². The fourth-order valence-electron chi connectivity index (χ4n) is 2.76. The molecule has 1 heterocycles. The highest BCUT2D eigenvalue weighted by molar-refractivity contribution is 6.30. The van der Waals surface area contributed by atoms with Gasteiger partial charge in [0.15, 0.2) is 0 Å². The van der Waals surface area contributed by atoms with Gasteiger partial charge in [-0.2, -0.15) is 0 Å². The minimum absolute atomic E-state index is 0.251. The van der Waals surface area contributed by atoms with Gasteiger partial charge in [-0.3, -0.25) is 9.69 Å². The molecule has 0 radical (unpaired) electrons. The highest BCUT2D eigenvalue weighted by Crippen LogP contribution is 2.21. The molecule has 0 spiro atoms. The molecule has 0 amide bonds. The molecule has 1 aliphatic heterocycles. The Hall–Kier alpha value is -0.860. The molecule has 104 valence electrons. The van der Waals surface area contributed by atoms with Crippen LogP contribution in [0.25, 0.3) is 0 Å². The summed E-state index contributed by atoms with van der Waals surface area (Å²) in [5.41, 5.74) is 1.27. The van der Waals surface area contributed by atoms with Crippen molar-refractivity contribution in [2.45, 2.75) is 39.2 Å². The number of carbonyl (C=O) groups is 1. The van der Waals surface area contributed by atoms with E-state index in [4.69, 9.17) is 11.6 Å². The normalized spacial score (nSPS) is 20.4. The lowest BCUT2D eigenvalue weighted by molar-refractivity contribution is -0.124. The van der Waals surface area contributed by atoms with Gasteiger partial charge in [-0.15, -0.1) is 0 Å². The fraction of sp³-hybridized carbons (Fsp3) is 0.562. The molecule has 19 heavy (non-hydrogen) atoms. The van der Waals surface area contributed by atoms with Gasteiger partial charge in [-0.1, -0.05) is 30.7 Å². The average Bonchev–Trinajstić information content (AvgIpc) is 2.42. The lowest BCUT2D eigenvalue weighted by atomic mass is 9.91. The van der Waals surface area contributed by atoms with Gasteiger partial charge in [0, 0.05) is 30.5 Å². The second-order valence-corrected chi connectivity index (χ2v) is 5.85. The maximum Gasteiger partial charge on any atom is 0.137 e. The maximum absolute atomic E-state index is 12.0. The van der Waals surface area contributed by atoms with Crippen LogP contribution in [0.15, 0.2) is 24.3 Å². The quantitative estimate of drug-likeness (QED) is 0.814. The Labute approximate surface area is 120 Å². The van der Waals surface area contributed by atoms with Crippen molar-refractivity contribution >= 4 is 17.4 Å². The third-order valence-corrected chi connectivity index (χ3v) is 4.03. The zero-order chi connectivity index (χ0) is 13.7.